The molecule has 1 aromatic carbocycles. The molecule has 1 aliphatic heterocycles. The number of hydrogen-bond donors (Lipinski definition) is 3. The molecule has 0 aliphatic carbocycles. The van der Waals surface area contributed by atoms with Gasteiger partial charge in [-0.25, -0.2) is 0 Å². The zero-order valence-corrected chi connectivity index (χ0v) is 11.6. The van der Waals surface area contributed by atoms with Gasteiger partial charge in [-0.15, -0.1) is 0 Å². The largest absolute Gasteiger partial charge is 0.399 e. The van der Waals surface area contributed by atoms with E-state index in [2.05, 4.69) is 0 Å². The van der Waals surface area contributed by atoms with Crippen LogP contribution in [0.5, 0.6) is 0 Å². The molecule has 0 radical (unpaired) electrons. The summed E-state index contributed by atoms with van der Waals surface area (Å²) in [6.45, 7) is 2.91. The van der Waals surface area contributed by atoms with Crippen LogP contribution in [0.25, 0.3) is 0 Å². The number of hydrogen-bond acceptors (Lipinski definition) is 4. The standard InChI is InChI=1S/C13H18ClN3O2/c1-13(19)3-2-4-17(7-13)11-9(12(16)18)5-8(15)6-10(11)14/h5-6,19H,2-4,7,15H2,1H3,(H2,16,18). The number of amides is 1. The summed E-state index contributed by atoms with van der Waals surface area (Å²) in [7, 11) is 0. The quantitative estimate of drug-likeness (QED) is 0.715. The van der Waals surface area contributed by atoms with Gasteiger partial charge in [0.25, 0.3) is 5.91 Å². The fourth-order valence-electron chi connectivity index (χ4n) is 2.54. The summed E-state index contributed by atoms with van der Waals surface area (Å²) in [5.41, 5.74) is 11.5. The fraction of sp³-hybridized carbons (Fsp3) is 0.462. The summed E-state index contributed by atoms with van der Waals surface area (Å²) in [4.78, 5) is 13.4. The van der Waals surface area contributed by atoms with E-state index in [1.807, 2.05) is 4.90 Å². The maximum atomic E-state index is 11.5. The summed E-state index contributed by atoms with van der Waals surface area (Å²) in [6, 6.07) is 3.11. The molecule has 2 rings (SSSR count). The topological polar surface area (TPSA) is 92.6 Å². The Kier molecular flexibility index (Phi) is 3.60. The van der Waals surface area contributed by atoms with Crippen molar-refractivity contribution in [3.8, 4) is 0 Å². The second-order valence-electron chi connectivity index (χ2n) is 5.29. The van der Waals surface area contributed by atoms with Crippen LogP contribution >= 0.6 is 11.6 Å². The Bertz CT molecular complexity index is 517. The minimum Gasteiger partial charge on any atom is -0.399 e. The second-order valence-corrected chi connectivity index (χ2v) is 5.69. The molecule has 6 heteroatoms. The van der Waals surface area contributed by atoms with Crippen LogP contribution in [0.2, 0.25) is 5.02 Å². The van der Waals surface area contributed by atoms with Crippen molar-refractivity contribution in [2.24, 2.45) is 5.73 Å². The molecule has 0 spiro atoms. The third-order valence-electron chi connectivity index (χ3n) is 3.34. The number of benzene rings is 1. The van der Waals surface area contributed by atoms with E-state index in [-0.39, 0.29) is 0 Å². The Morgan fingerprint density at radius 3 is 2.79 bits per heavy atom. The molecule has 0 bridgehead atoms. The molecule has 0 saturated carbocycles. The molecule has 19 heavy (non-hydrogen) atoms. The van der Waals surface area contributed by atoms with Gasteiger partial charge in [0.2, 0.25) is 0 Å². The number of piperidine rings is 1. The number of nitrogen functional groups attached to an aromatic ring is 1. The molecule has 1 saturated heterocycles. The Balaban J connectivity index is 2.46. The summed E-state index contributed by atoms with van der Waals surface area (Å²) in [6.07, 6.45) is 1.55. The average molecular weight is 284 g/mol. The zero-order chi connectivity index (χ0) is 14.2. The van der Waals surface area contributed by atoms with E-state index in [4.69, 9.17) is 23.1 Å². The highest BCUT2D eigenvalue weighted by molar-refractivity contribution is 6.34. The zero-order valence-electron chi connectivity index (χ0n) is 10.8. The van der Waals surface area contributed by atoms with Crippen molar-refractivity contribution >= 4 is 28.9 Å². The number of halogens is 1. The molecule has 1 atom stereocenters. The van der Waals surface area contributed by atoms with E-state index in [9.17, 15) is 9.90 Å². The Hall–Kier alpha value is -1.46. The average Bonchev–Trinajstić information content (AvgIpc) is 2.26. The van der Waals surface area contributed by atoms with Crippen molar-refractivity contribution in [1.29, 1.82) is 0 Å². The Morgan fingerprint density at radius 2 is 2.21 bits per heavy atom. The maximum absolute atomic E-state index is 11.5. The van der Waals surface area contributed by atoms with Gasteiger partial charge in [0, 0.05) is 18.8 Å². The molecule has 5 N–H and O–H groups in total. The summed E-state index contributed by atoms with van der Waals surface area (Å²) >= 11 is 6.19. The molecule has 5 nitrogen and oxygen atoms in total. The third kappa shape index (κ3) is 2.93. The van der Waals surface area contributed by atoms with Gasteiger partial charge in [-0.3, -0.25) is 4.79 Å². The predicted molar refractivity (Wildman–Crippen MR) is 76.5 cm³/mol. The highest BCUT2D eigenvalue weighted by Crippen LogP contribution is 2.35. The number of nitrogens with two attached hydrogens (primary N) is 2. The van der Waals surface area contributed by atoms with Crippen LogP contribution in [0.3, 0.4) is 0 Å². The lowest BCUT2D eigenvalue weighted by atomic mass is 9.94. The molecule has 1 heterocycles. The molecule has 104 valence electrons. The van der Waals surface area contributed by atoms with Crippen molar-refractivity contribution in [2.75, 3.05) is 23.7 Å². The van der Waals surface area contributed by atoms with E-state index in [1.165, 1.54) is 6.07 Å². The van der Waals surface area contributed by atoms with Crippen LogP contribution in [0.15, 0.2) is 12.1 Å². The van der Waals surface area contributed by atoms with E-state index < -0.39 is 11.5 Å². The fourth-order valence-corrected chi connectivity index (χ4v) is 2.89. The third-order valence-corrected chi connectivity index (χ3v) is 3.63. The Morgan fingerprint density at radius 1 is 1.53 bits per heavy atom. The first-order valence-corrected chi connectivity index (χ1v) is 6.54. The van der Waals surface area contributed by atoms with Crippen molar-refractivity contribution < 1.29 is 9.90 Å². The first-order chi connectivity index (χ1) is 8.80. The van der Waals surface area contributed by atoms with E-state index in [0.29, 0.717) is 28.5 Å². The predicted octanol–water partition coefficient (Wildman–Crippen LogP) is 1.37. The summed E-state index contributed by atoms with van der Waals surface area (Å²) < 4.78 is 0. The number of aliphatic hydroxyl groups is 1. The smallest absolute Gasteiger partial charge is 0.250 e. The van der Waals surface area contributed by atoms with Crippen molar-refractivity contribution in [1.82, 2.24) is 0 Å². The van der Waals surface area contributed by atoms with Crippen LogP contribution in [0.4, 0.5) is 11.4 Å². The highest BCUT2D eigenvalue weighted by Gasteiger charge is 2.31. The Labute approximate surface area is 117 Å². The lowest BCUT2D eigenvalue weighted by Crippen LogP contribution is -2.46. The maximum Gasteiger partial charge on any atom is 0.250 e. The second kappa shape index (κ2) is 4.90. The van der Waals surface area contributed by atoms with Crippen molar-refractivity contribution in [3.05, 3.63) is 22.7 Å². The van der Waals surface area contributed by atoms with Crippen LogP contribution in [0.1, 0.15) is 30.1 Å². The van der Waals surface area contributed by atoms with Gasteiger partial charge in [-0.1, -0.05) is 11.6 Å². The van der Waals surface area contributed by atoms with Crippen molar-refractivity contribution in [2.45, 2.75) is 25.4 Å². The molecular formula is C13H18ClN3O2. The lowest BCUT2D eigenvalue weighted by Gasteiger charge is -2.39. The van der Waals surface area contributed by atoms with Gasteiger partial charge < -0.3 is 21.5 Å². The number of carbonyl (C=O) groups excluding carboxylic acids is 1. The van der Waals surface area contributed by atoms with Crippen LogP contribution in [-0.2, 0) is 0 Å². The van der Waals surface area contributed by atoms with Gasteiger partial charge >= 0.3 is 0 Å². The van der Waals surface area contributed by atoms with Crippen LogP contribution in [0, 0.1) is 0 Å². The van der Waals surface area contributed by atoms with E-state index in [0.717, 1.165) is 19.4 Å². The number of carbonyl (C=O) groups is 1. The molecule has 1 amide bonds. The molecule has 1 unspecified atom stereocenters. The van der Waals surface area contributed by atoms with Gasteiger partial charge in [-0.2, -0.15) is 0 Å². The van der Waals surface area contributed by atoms with Crippen LogP contribution in [-0.4, -0.2) is 29.7 Å². The van der Waals surface area contributed by atoms with Gasteiger partial charge in [0.1, 0.15) is 0 Å². The van der Waals surface area contributed by atoms with Gasteiger partial charge in [-0.05, 0) is 31.9 Å². The monoisotopic (exact) mass is 283 g/mol. The number of nitrogens with zero attached hydrogens (tertiary/aromatic N) is 1. The van der Waals surface area contributed by atoms with Crippen molar-refractivity contribution in [3.63, 3.8) is 0 Å². The summed E-state index contributed by atoms with van der Waals surface area (Å²) in [5.74, 6) is -0.575. The lowest BCUT2D eigenvalue weighted by molar-refractivity contribution is 0.0448. The minimum absolute atomic E-state index is 0.294. The molecule has 1 fully saturated rings. The molecule has 1 aromatic rings. The molecule has 1 aliphatic rings. The molecule has 0 aromatic heterocycles. The van der Waals surface area contributed by atoms with E-state index in [1.54, 1.807) is 13.0 Å². The first-order valence-electron chi connectivity index (χ1n) is 6.16. The SMILES string of the molecule is CC1(O)CCCN(c2c(Cl)cc(N)cc2C(N)=O)C1. The van der Waals surface area contributed by atoms with Gasteiger partial charge in [0.05, 0.1) is 21.9 Å². The molecular weight excluding hydrogens is 266 g/mol. The number of anilines is 2. The summed E-state index contributed by atoms with van der Waals surface area (Å²) in [5, 5.41) is 10.5. The van der Waals surface area contributed by atoms with Crippen LogP contribution < -0.4 is 16.4 Å². The highest BCUT2D eigenvalue weighted by atomic mass is 35.5. The number of β-amino-alcohol motifs (C(OH)–C–C–N with tert-alkyl or cyclic N) is 1. The van der Waals surface area contributed by atoms with Gasteiger partial charge in [0.15, 0.2) is 0 Å². The minimum atomic E-state index is -0.794. The number of rotatable bonds is 2. The van der Waals surface area contributed by atoms with E-state index >= 15 is 0 Å². The first kappa shape index (κ1) is 14.0. The number of primary amides is 1. The normalized spacial score (nSPS) is 23.4.